The summed E-state index contributed by atoms with van der Waals surface area (Å²) in [4.78, 5) is 29.4. The summed E-state index contributed by atoms with van der Waals surface area (Å²) < 4.78 is 33.9. The lowest BCUT2D eigenvalue weighted by molar-refractivity contribution is -0.140. The van der Waals surface area contributed by atoms with Crippen LogP contribution in [0.1, 0.15) is 30.9 Å². The van der Waals surface area contributed by atoms with Crippen molar-refractivity contribution in [2.45, 2.75) is 38.8 Å². The third-order valence-corrected chi connectivity index (χ3v) is 8.76. The number of anilines is 1. The average Bonchev–Trinajstić information content (AvgIpc) is 3.02. The second kappa shape index (κ2) is 16.2. The number of hydrogen-bond donors (Lipinski definition) is 1. The summed E-state index contributed by atoms with van der Waals surface area (Å²) in [6, 6.07) is 31.9. The van der Waals surface area contributed by atoms with Crippen molar-refractivity contribution in [2.24, 2.45) is 0 Å². The molecule has 1 atom stereocenters. The zero-order chi connectivity index (χ0) is 32.2. The van der Waals surface area contributed by atoms with Crippen LogP contribution in [0, 0.1) is 0 Å². The van der Waals surface area contributed by atoms with E-state index in [0.29, 0.717) is 23.7 Å². The lowest BCUT2D eigenvalue weighted by Crippen LogP contribution is -2.53. The molecule has 0 heterocycles. The molecule has 0 aliphatic carbocycles. The van der Waals surface area contributed by atoms with Crippen LogP contribution in [0.5, 0.6) is 11.5 Å². The Morgan fingerprint density at radius 3 is 2.09 bits per heavy atom. The van der Waals surface area contributed by atoms with Crippen LogP contribution in [0.3, 0.4) is 0 Å². The molecule has 236 valence electrons. The molecule has 0 aliphatic heterocycles. The van der Waals surface area contributed by atoms with Crippen LogP contribution in [-0.4, -0.2) is 50.5 Å². The molecule has 1 N–H and O–H groups in total. The molecule has 4 aromatic rings. The van der Waals surface area contributed by atoms with Crippen molar-refractivity contribution < 1.29 is 22.7 Å². The van der Waals surface area contributed by atoms with E-state index in [4.69, 9.17) is 4.74 Å². The number of rotatable bonds is 15. The van der Waals surface area contributed by atoms with Crippen molar-refractivity contribution in [3.63, 3.8) is 0 Å². The molecule has 0 spiro atoms. The number of carbonyl (C=O) groups excluding carboxylic acids is 2. The first-order valence-corrected chi connectivity index (χ1v) is 17.4. The fraction of sp³-hybridized carbons (Fsp3) is 0.257. The van der Waals surface area contributed by atoms with Gasteiger partial charge in [0.2, 0.25) is 21.8 Å². The van der Waals surface area contributed by atoms with Gasteiger partial charge in [-0.3, -0.25) is 13.9 Å². The molecule has 8 nitrogen and oxygen atoms in total. The van der Waals surface area contributed by atoms with Gasteiger partial charge < -0.3 is 15.0 Å². The van der Waals surface area contributed by atoms with Crippen molar-refractivity contribution >= 4 is 43.5 Å². The highest BCUT2D eigenvalue weighted by Gasteiger charge is 2.33. The van der Waals surface area contributed by atoms with Crippen LogP contribution in [0.25, 0.3) is 0 Å². The zero-order valence-electron chi connectivity index (χ0n) is 25.4. The first-order valence-electron chi connectivity index (χ1n) is 14.8. The number of sulfonamides is 1. The minimum Gasteiger partial charge on any atom is -0.457 e. The summed E-state index contributed by atoms with van der Waals surface area (Å²) >= 11 is 3.49. The Hall–Kier alpha value is -4.15. The predicted octanol–water partition coefficient (Wildman–Crippen LogP) is 6.56. The maximum Gasteiger partial charge on any atom is 0.244 e. The van der Waals surface area contributed by atoms with Gasteiger partial charge in [0, 0.05) is 24.0 Å². The van der Waals surface area contributed by atoms with Crippen LogP contribution in [-0.2, 0) is 32.6 Å². The fourth-order valence-electron chi connectivity index (χ4n) is 4.81. The normalized spacial score (nSPS) is 11.8. The minimum atomic E-state index is -3.88. The van der Waals surface area contributed by atoms with Crippen LogP contribution >= 0.6 is 15.9 Å². The minimum absolute atomic E-state index is 0.110. The Bertz CT molecular complexity index is 1650. The zero-order valence-corrected chi connectivity index (χ0v) is 27.8. The third kappa shape index (κ3) is 10.2. The SMILES string of the molecule is CCCCNC(=O)[C@H](Cc1ccccc1)N(Cc1cccc(Br)c1)C(=O)CN(c1ccc(Oc2ccccc2)cc1)S(C)(=O)=O. The molecule has 2 amide bonds. The van der Waals surface area contributed by atoms with Crippen LogP contribution in [0.4, 0.5) is 5.69 Å². The second-order valence-corrected chi connectivity index (χ2v) is 13.5. The Labute approximate surface area is 274 Å². The molecular formula is C35H38BrN3O5S. The average molecular weight is 693 g/mol. The third-order valence-electron chi connectivity index (χ3n) is 7.13. The van der Waals surface area contributed by atoms with E-state index in [1.54, 1.807) is 24.3 Å². The monoisotopic (exact) mass is 691 g/mol. The molecule has 0 saturated carbocycles. The van der Waals surface area contributed by atoms with Crippen molar-refractivity contribution in [3.8, 4) is 11.5 Å². The van der Waals surface area contributed by atoms with Crippen molar-refractivity contribution in [1.29, 1.82) is 0 Å². The summed E-state index contributed by atoms with van der Waals surface area (Å²) in [5.74, 6) is 0.374. The highest BCUT2D eigenvalue weighted by atomic mass is 79.9. The molecule has 4 rings (SSSR count). The van der Waals surface area contributed by atoms with Gasteiger partial charge >= 0.3 is 0 Å². The van der Waals surface area contributed by atoms with E-state index < -0.39 is 28.5 Å². The molecule has 0 radical (unpaired) electrons. The Balaban J connectivity index is 1.66. The van der Waals surface area contributed by atoms with E-state index in [0.717, 1.165) is 39.0 Å². The van der Waals surface area contributed by atoms with Gasteiger partial charge in [-0.15, -0.1) is 0 Å². The number of para-hydroxylation sites is 1. The standard InChI is InChI=1S/C35H38BrN3O5S/c1-3-4-22-37-35(41)33(24-27-12-7-5-8-13-27)38(25-28-14-11-15-29(36)23-28)34(40)26-39(45(2,42)43)30-18-20-32(21-19-30)44-31-16-9-6-10-17-31/h5-21,23,33H,3-4,22,24-26H2,1-2H3,(H,37,41)/t33-/m0/s1. The summed E-state index contributed by atoms with van der Waals surface area (Å²) in [6.45, 7) is 2.14. The highest BCUT2D eigenvalue weighted by molar-refractivity contribution is 9.10. The number of unbranched alkanes of at least 4 members (excludes halogenated alkanes) is 1. The van der Waals surface area contributed by atoms with Gasteiger partial charge in [0.05, 0.1) is 11.9 Å². The number of ether oxygens (including phenoxy) is 1. The maximum absolute atomic E-state index is 14.2. The van der Waals surface area contributed by atoms with Gasteiger partial charge in [-0.25, -0.2) is 8.42 Å². The van der Waals surface area contributed by atoms with Gasteiger partial charge in [0.15, 0.2) is 0 Å². The molecule has 0 bridgehead atoms. The number of nitrogens with zero attached hydrogens (tertiary/aromatic N) is 2. The number of halogens is 1. The van der Waals surface area contributed by atoms with Crippen LogP contribution in [0.15, 0.2) is 114 Å². The first-order chi connectivity index (χ1) is 21.6. The smallest absolute Gasteiger partial charge is 0.244 e. The molecular weight excluding hydrogens is 654 g/mol. The maximum atomic E-state index is 14.2. The summed E-state index contributed by atoms with van der Waals surface area (Å²) in [6.07, 6.45) is 3.03. The van der Waals surface area contributed by atoms with Gasteiger partial charge in [-0.2, -0.15) is 0 Å². The molecule has 0 saturated heterocycles. The van der Waals surface area contributed by atoms with Crippen LogP contribution in [0.2, 0.25) is 0 Å². The highest BCUT2D eigenvalue weighted by Crippen LogP contribution is 2.26. The predicted molar refractivity (Wildman–Crippen MR) is 182 cm³/mol. The summed E-state index contributed by atoms with van der Waals surface area (Å²) in [5.41, 5.74) is 1.99. The fourth-order valence-corrected chi connectivity index (χ4v) is 6.11. The molecule has 10 heteroatoms. The van der Waals surface area contributed by atoms with E-state index in [1.807, 2.05) is 91.9 Å². The number of carbonyl (C=O) groups is 2. The number of nitrogens with one attached hydrogen (secondary N) is 1. The van der Waals surface area contributed by atoms with Gasteiger partial charge in [-0.05, 0) is 66.1 Å². The number of benzene rings is 4. The molecule has 0 unspecified atom stereocenters. The van der Waals surface area contributed by atoms with E-state index in [9.17, 15) is 18.0 Å². The van der Waals surface area contributed by atoms with E-state index in [2.05, 4.69) is 21.2 Å². The van der Waals surface area contributed by atoms with Gasteiger partial charge in [-0.1, -0.05) is 89.9 Å². The Morgan fingerprint density at radius 1 is 0.844 bits per heavy atom. The van der Waals surface area contributed by atoms with Crippen molar-refractivity contribution in [1.82, 2.24) is 10.2 Å². The lowest BCUT2D eigenvalue weighted by atomic mass is 10.0. The number of hydrogen-bond acceptors (Lipinski definition) is 5. The molecule has 45 heavy (non-hydrogen) atoms. The Morgan fingerprint density at radius 2 is 1.47 bits per heavy atom. The first kappa shape index (κ1) is 33.7. The second-order valence-electron chi connectivity index (χ2n) is 10.7. The number of amides is 2. The van der Waals surface area contributed by atoms with E-state index >= 15 is 0 Å². The Kier molecular flexibility index (Phi) is 12.2. The van der Waals surface area contributed by atoms with Crippen molar-refractivity contribution in [2.75, 3.05) is 23.7 Å². The van der Waals surface area contributed by atoms with E-state index in [-0.39, 0.29) is 18.9 Å². The van der Waals surface area contributed by atoms with Crippen molar-refractivity contribution in [3.05, 3.63) is 125 Å². The summed E-state index contributed by atoms with van der Waals surface area (Å²) in [5, 5.41) is 2.99. The van der Waals surface area contributed by atoms with Gasteiger partial charge in [0.1, 0.15) is 24.1 Å². The molecule has 0 fully saturated rings. The molecule has 0 aliphatic rings. The molecule has 4 aromatic carbocycles. The molecule has 0 aromatic heterocycles. The largest absolute Gasteiger partial charge is 0.457 e. The quantitative estimate of drug-likeness (QED) is 0.142. The van der Waals surface area contributed by atoms with E-state index in [1.165, 1.54) is 4.90 Å². The lowest BCUT2D eigenvalue weighted by Gasteiger charge is -2.33. The topological polar surface area (TPSA) is 96.0 Å². The summed E-state index contributed by atoms with van der Waals surface area (Å²) in [7, 11) is -3.88. The van der Waals surface area contributed by atoms with Crippen LogP contribution < -0.4 is 14.4 Å². The van der Waals surface area contributed by atoms with Gasteiger partial charge in [0.25, 0.3) is 0 Å².